The van der Waals surface area contributed by atoms with E-state index in [2.05, 4.69) is 9.97 Å². The number of carboxylic acids is 1. The van der Waals surface area contributed by atoms with E-state index in [0.717, 1.165) is 6.33 Å². The lowest BCUT2D eigenvalue weighted by Crippen LogP contribution is -2.04. The third-order valence-corrected chi connectivity index (χ3v) is 1.44. The van der Waals surface area contributed by atoms with Gasteiger partial charge in [-0.15, -0.1) is 0 Å². The van der Waals surface area contributed by atoms with Crippen molar-refractivity contribution in [3.63, 3.8) is 0 Å². The molecule has 0 radical (unpaired) electrons. The Bertz CT molecular complexity index is 316. The quantitative estimate of drug-likeness (QED) is 0.697. The van der Waals surface area contributed by atoms with Gasteiger partial charge in [0.2, 0.25) is 0 Å². The summed E-state index contributed by atoms with van der Waals surface area (Å²) in [6.07, 6.45) is 1.06. The van der Waals surface area contributed by atoms with Crippen molar-refractivity contribution < 1.29 is 14.6 Å². The molecule has 0 spiro atoms. The molecule has 0 atom stereocenters. The van der Waals surface area contributed by atoms with Gasteiger partial charge in [0.1, 0.15) is 6.33 Å². The van der Waals surface area contributed by atoms with Crippen LogP contribution < -0.4 is 4.74 Å². The Morgan fingerprint density at radius 3 is 2.75 bits per heavy atom. The molecule has 1 aromatic heterocycles. The van der Waals surface area contributed by atoms with Crippen molar-refractivity contribution in [3.8, 4) is 5.75 Å². The maximum absolute atomic E-state index is 10.5. The van der Waals surface area contributed by atoms with Gasteiger partial charge in [0.25, 0.3) is 0 Å². The predicted molar refractivity (Wildman–Crippen MR) is 40.6 cm³/mol. The van der Waals surface area contributed by atoms with Crippen LogP contribution in [0.5, 0.6) is 5.75 Å². The zero-order chi connectivity index (χ0) is 9.14. The van der Waals surface area contributed by atoms with Gasteiger partial charge in [-0.3, -0.25) is 0 Å². The fourth-order valence-corrected chi connectivity index (χ4v) is 0.896. The largest absolute Gasteiger partial charge is 0.491 e. The number of carboxylic acid groups (broad SMARTS) is 1. The Labute approximate surface area is 73.0 Å². The van der Waals surface area contributed by atoms with Gasteiger partial charge in [0, 0.05) is 0 Å². The third-order valence-electron chi connectivity index (χ3n) is 1.17. The molecule has 0 amide bonds. The molecular weight excluding hydrogens is 184 g/mol. The molecule has 0 saturated carbocycles. The van der Waals surface area contributed by atoms with Crippen LogP contribution in [-0.2, 0) is 0 Å². The second kappa shape index (κ2) is 3.36. The second-order valence-electron chi connectivity index (χ2n) is 1.85. The van der Waals surface area contributed by atoms with Gasteiger partial charge >= 0.3 is 5.97 Å². The molecule has 0 aliphatic heterocycles. The summed E-state index contributed by atoms with van der Waals surface area (Å²) in [4.78, 5) is 17.6. The zero-order valence-electron chi connectivity index (χ0n) is 6.11. The van der Waals surface area contributed by atoms with E-state index in [-0.39, 0.29) is 16.6 Å². The minimum Gasteiger partial charge on any atom is -0.491 e. The van der Waals surface area contributed by atoms with E-state index in [1.54, 1.807) is 0 Å². The average Bonchev–Trinajstić information content (AvgIpc) is 2.03. The number of aromatic carboxylic acids is 1. The molecule has 0 aromatic carbocycles. The van der Waals surface area contributed by atoms with Crippen LogP contribution >= 0.6 is 11.6 Å². The van der Waals surface area contributed by atoms with Crippen LogP contribution in [0.2, 0.25) is 5.15 Å². The molecule has 0 unspecified atom stereocenters. The molecular formula is C6H5ClN2O3. The fraction of sp³-hybridized carbons (Fsp3) is 0.167. The van der Waals surface area contributed by atoms with Gasteiger partial charge < -0.3 is 9.84 Å². The predicted octanol–water partition coefficient (Wildman–Crippen LogP) is 0.837. The summed E-state index contributed by atoms with van der Waals surface area (Å²) in [6.45, 7) is 0. The van der Waals surface area contributed by atoms with Crippen LogP contribution in [0.15, 0.2) is 6.33 Å². The first kappa shape index (κ1) is 8.73. The van der Waals surface area contributed by atoms with E-state index in [9.17, 15) is 4.79 Å². The number of aromatic nitrogens is 2. The van der Waals surface area contributed by atoms with Crippen molar-refractivity contribution >= 4 is 17.6 Å². The summed E-state index contributed by atoms with van der Waals surface area (Å²) in [5, 5.41) is 8.58. The number of nitrogens with zero attached hydrogens (tertiary/aromatic N) is 2. The molecule has 1 aromatic rings. The number of methoxy groups -OCH3 is 1. The maximum Gasteiger partial charge on any atom is 0.358 e. The van der Waals surface area contributed by atoms with Crippen molar-refractivity contribution in [2.45, 2.75) is 0 Å². The molecule has 64 valence electrons. The molecule has 1 rings (SSSR count). The molecule has 5 nitrogen and oxygen atoms in total. The van der Waals surface area contributed by atoms with Gasteiger partial charge in [-0.1, -0.05) is 11.6 Å². The Hall–Kier alpha value is -1.36. The smallest absolute Gasteiger partial charge is 0.358 e. The summed E-state index contributed by atoms with van der Waals surface area (Å²) >= 11 is 5.53. The molecule has 0 bridgehead atoms. The third kappa shape index (κ3) is 1.45. The highest BCUT2D eigenvalue weighted by Gasteiger charge is 2.15. The molecule has 0 fully saturated rings. The second-order valence-corrected chi connectivity index (χ2v) is 2.21. The Morgan fingerprint density at radius 1 is 1.67 bits per heavy atom. The molecule has 0 aliphatic carbocycles. The summed E-state index contributed by atoms with van der Waals surface area (Å²) in [7, 11) is 1.30. The van der Waals surface area contributed by atoms with E-state index in [4.69, 9.17) is 21.4 Å². The lowest BCUT2D eigenvalue weighted by molar-refractivity contribution is 0.0686. The fourth-order valence-electron chi connectivity index (χ4n) is 0.685. The van der Waals surface area contributed by atoms with Gasteiger partial charge in [0.15, 0.2) is 16.6 Å². The number of carbonyl (C=O) groups is 1. The molecule has 1 N–H and O–H groups in total. The van der Waals surface area contributed by atoms with Crippen LogP contribution in [-0.4, -0.2) is 28.2 Å². The summed E-state index contributed by atoms with van der Waals surface area (Å²) < 4.78 is 4.70. The average molecular weight is 189 g/mol. The van der Waals surface area contributed by atoms with E-state index in [0.29, 0.717) is 0 Å². The minimum atomic E-state index is -1.20. The number of ether oxygens (including phenoxy) is 1. The number of halogens is 1. The Morgan fingerprint density at radius 2 is 2.33 bits per heavy atom. The monoisotopic (exact) mass is 188 g/mol. The van der Waals surface area contributed by atoms with Crippen molar-refractivity contribution in [2.75, 3.05) is 7.11 Å². The first-order valence-electron chi connectivity index (χ1n) is 2.94. The van der Waals surface area contributed by atoms with Crippen LogP contribution in [0, 0.1) is 0 Å². The van der Waals surface area contributed by atoms with Gasteiger partial charge in [-0.25, -0.2) is 14.8 Å². The first-order valence-corrected chi connectivity index (χ1v) is 3.32. The Kier molecular flexibility index (Phi) is 2.44. The van der Waals surface area contributed by atoms with Crippen LogP contribution in [0.25, 0.3) is 0 Å². The van der Waals surface area contributed by atoms with Crippen molar-refractivity contribution in [1.29, 1.82) is 0 Å². The number of hydrogen-bond acceptors (Lipinski definition) is 4. The lowest BCUT2D eigenvalue weighted by atomic mass is 10.4. The van der Waals surface area contributed by atoms with Crippen molar-refractivity contribution in [2.24, 2.45) is 0 Å². The summed E-state index contributed by atoms with van der Waals surface area (Å²) in [5.41, 5.74) is -0.238. The van der Waals surface area contributed by atoms with Gasteiger partial charge in [-0.05, 0) is 0 Å². The molecule has 0 saturated heterocycles. The number of rotatable bonds is 2. The van der Waals surface area contributed by atoms with E-state index in [1.807, 2.05) is 0 Å². The maximum atomic E-state index is 10.5. The molecule has 0 aliphatic rings. The first-order chi connectivity index (χ1) is 5.66. The Balaban J connectivity index is 3.27. The highest BCUT2D eigenvalue weighted by atomic mass is 35.5. The van der Waals surface area contributed by atoms with Gasteiger partial charge in [0.05, 0.1) is 7.11 Å². The highest BCUT2D eigenvalue weighted by Crippen LogP contribution is 2.23. The molecule has 1 heterocycles. The zero-order valence-corrected chi connectivity index (χ0v) is 6.87. The van der Waals surface area contributed by atoms with E-state index >= 15 is 0 Å². The summed E-state index contributed by atoms with van der Waals surface area (Å²) in [6, 6.07) is 0. The minimum absolute atomic E-state index is 0.00935. The summed E-state index contributed by atoms with van der Waals surface area (Å²) in [5.74, 6) is -1.22. The lowest BCUT2D eigenvalue weighted by Gasteiger charge is -2.03. The SMILES string of the molecule is COc1c(Cl)ncnc1C(=O)O. The standard InChI is InChI=1S/C6H5ClN2O3/c1-12-4-3(6(10)11)8-2-9-5(4)7/h2H,1H3,(H,10,11). The van der Waals surface area contributed by atoms with Crippen LogP contribution in [0.3, 0.4) is 0 Å². The highest BCUT2D eigenvalue weighted by molar-refractivity contribution is 6.31. The van der Waals surface area contributed by atoms with Crippen LogP contribution in [0.4, 0.5) is 0 Å². The molecule has 12 heavy (non-hydrogen) atoms. The van der Waals surface area contributed by atoms with Crippen LogP contribution in [0.1, 0.15) is 10.5 Å². The number of hydrogen-bond donors (Lipinski definition) is 1. The van der Waals surface area contributed by atoms with Crippen molar-refractivity contribution in [1.82, 2.24) is 9.97 Å². The molecule has 6 heteroatoms. The van der Waals surface area contributed by atoms with E-state index < -0.39 is 5.97 Å². The van der Waals surface area contributed by atoms with Crippen molar-refractivity contribution in [3.05, 3.63) is 17.2 Å². The van der Waals surface area contributed by atoms with E-state index in [1.165, 1.54) is 7.11 Å². The normalized spacial score (nSPS) is 9.50. The van der Waals surface area contributed by atoms with Gasteiger partial charge in [-0.2, -0.15) is 0 Å². The topological polar surface area (TPSA) is 72.3 Å².